The summed E-state index contributed by atoms with van der Waals surface area (Å²) in [6.45, 7) is 0. The van der Waals surface area contributed by atoms with Gasteiger partial charge in [-0.05, 0) is 0 Å². The second-order valence-corrected chi connectivity index (χ2v) is 0.671. The molecule has 0 fully saturated rings. The zero-order valence-corrected chi connectivity index (χ0v) is 6.32. The largest absolute Gasteiger partial charge is 3.00 e. The zero-order chi connectivity index (χ0) is 10.7. The van der Waals surface area contributed by atoms with Crippen LogP contribution in [0.1, 0.15) is 0 Å². The minimum Gasteiger partial charge on any atom is -0.356 e. The summed E-state index contributed by atoms with van der Waals surface area (Å²) < 4.78 is 0. The zero-order valence-electron chi connectivity index (χ0n) is 5.33. The molecule has 0 aliphatic carbocycles. The summed E-state index contributed by atoms with van der Waals surface area (Å²) in [7, 11) is 0. The minimum absolute atomic E-state index is 0. The van der Waals surface area contributed by atoms with Crippen molar-refractivity contribution in [3.63, 3.8) is 0 Å². The van der Waals surface area contributed by atoms with E-state index in [9.17, 15) is 0 Å². The molecule has 0 spiro atoms. The van der Waals surface area contributed by atoms with E-state index in [0.717, 1.165) is 0 Å². The Kier molecular flexibility index (Phi) is 28.7. The van der Waals surface area contributed by atoms with Gasteiger partial charge >= 0.3 is 16.5 Å². The third-order valence-corrected chi connectivity index (χ3v) is 0. The molecule has 12 nitrogen and oxygen atoms in total. The van der Waals surface area contributed by atoms with Gasteiger partial charge in [0.2, 0.25) is 0 Å². The Morgan fingerprint density at radius 1 is 0.538 bits per heavy atom. The predicted octanol–water partition coefficient (Wildman–Crippen LogP) is -0.720. The summed E-state index contributed by atoms with van der Waals surface area (Å²) in [5, 5.41) is 44.2. The van der Waals surface area contributed by atoms with Crippen molar-refractivity contribution in [3.05, 3.63) is 46.0 Å². The monoisotopic (exact) mass is 244 g/mol. The van der Waals surface area contributed by atoms with E-state index in [2.05, 4.69) is 0 Å². The van der Waals surface area contributed by atoms with Gasteiger partial charge in [0.15, 0.2) is 0 Å². The third-order valence-electron chi connectivity index (χ3n) is 0. The van der Waals surface area contributed by atoms with Gasteiger partial charge in [0.25, 0.3) is 0 Å². The average molecular weight is 245 g/mol. The molecule has 13 heavy (non-hydrogen) atoms. The predicted molar refractivity (Wildman–Crippen MR) is 31.1 cm³/mol. The van der Waals surface area contributed by atoms with Crippen LogP contribution < -0.4 is 0 Å². The molecular formula is N3NiO9. The molecule has 0 aromatic rings. The summed E-state index contributed by atoms with van der Waals surface area (Å²) in [6, 6.07) is 0. The maximum atomic E-state index is 8.25. The Balaban J connectivity index is -0.0000000450. The number of rotatable bonds is 0. The quantitative estimate of drug-likeness (QED) is 0.299. The molecule has 0 aliphatic rings. The topological polar surface area (TPSA) is 199 Å². The van der Waals surface area contributed by atoms with Gasteiger partial charge < -0.3 is 46.0 Å². The van der Waals surface area contributed by atoms with Crippen molar-refractivity contribution in [1.82, 2.24) is 0 Å². The smallest absolute Gasteiger partial charge is 0.356 e. The molecule has 0 aromatic heterocycles. The molecule has 79 valence electrons. The first-order valence-electron chi connectivity index (χ1n) is 1.64. The molecule has 0 unspecified atom stereocenters. The minimum atomic E-state index is -1.75. The normalized spacial score (nSPS) is 5.54. The fraction of sp³-hybridized carbons (Fsp3) is 0. The molecule has 0 amide bonds. The van der Waals surface area contributed by atoms with Crippen molar-refractivity contribution in [1.29, 1.82) is 0 Å². The summed E-state index contributed by atoms with van der Waals surface area (Å²) in [5.41, 5.74) is 0. The fourth-order valence-electron chi connectivity index (χ4n) is 0. The van der Waals surface area contributed by atoms with Crippen LogP contribution in [0.15, 0.2) is 0 Å². The van der Waals surface area contributed by atoms with Crippen molar-refractivity contribution in [3.8, 4) is 0 Å². The second-order valence-electron chi connectivity index (χ2n) is 0.671. The second kappa shape index (κ2) is 16.6. The van der Waals surface area contributed by atoms with E-state index in [4.69, 9.17) is 46.0 Å². The van der Waals surface area contributed by atoms with Crippen molar-refractivity contribution in [2.24, 2.45) is 0 Å². The number of nitrogens with zero attached hydrogens (tertiary/aromatic N) is 3. The molecule has 1 radical (unpaired) electrons. The molecule has 0 aromatic carbocycles. The summed E-state index contributed by atoms with van der Waals surface area (Å²) >= 11 is 0. The van der Waals surface area contributed by atoms with Crippen molar-refractivity contribution in [2.45, 2.75) is 0 Å². The summed E-state index contributed by atoms with van der Waals surface area (Å²) in [5.74, 6) is 0. The Morgan fingerprint density at radius 2 is 0.538 bits per heavy atom. The van der Waals surface area contributed by atoms with Crippen LogP contribution in [0.25, 0.3) is 0 Å². The van der Waals surface area contributed by atoms with Gasteiger partial charge in [0.1, 0.15) is 0 Å². The molecule has 0 rings (SSSR count). The van der Waals surface area contributed by atoms with Crippen LogP contribution in [0.5, 0.6) is 0 Å². The SMILES string of the molecule is O=[N+]([O-])[O-].O=[N+]([O-])[O-].O=[N+]([O-])[O-].[Ni+3]. The molecular weight excluding hydrogens is 245 g/mol. The maximum absolute atomic E-state index is 8.25. The first-order chi connectivity index (χ1) is 5.20. The van der Waals surface area contributed by atoms with E-state index in [0.29, 0.717) is 0 Å². The molecule has 13 heteroatoms. The van der Waals surface area contributed by atoms with Crippen molar-refractivity contribution < 1.29 is 31.8 Å². The fourth-order valence-corrected chi connectivity index (χ4v) is 0. The number of hydrogen-bond donors (Lipinski definition) is 0. The van der Waals surface area contributed by atoms with E-state index >= 15 is 0 Å². The standard InChI is InChI=1S/3NO3.Ni/c3*2-1(3)4;/q3*-1;+3. The van der Waals surface area contributed by atoms with Gasteiger partial charge in [-0.1, -0.05) is 0 Å². The van der Waals surface area contributed by atoms with Crippen LogP contribution in [0.3, 0.4) is 0 Å². The van der Waals surface area contributed by atoms with Gasteiger partial charge in [0.05, 0.1) is 15.3 Å². The maximum Gasteiger partial charge on any atom is 3.00 e. The van der Waals surface area contributed by atoms with E-state index in [1.165, 1.54) is 0 Å². The van der Waals surface area contributed by atoms with Gasteiger partial charge in [-0.15, -0.1) is 0 Å². The van der Waals surface area contributed by atoms with Crippen LogP contribution >= 0.6 is 0 Å². The molecule has 0 bridgehead atoms. The van der Waals surface area contributed by atoms with Gasteiger partial charge in [-0.25, -0.2) is 0 Å². The Morgan fingerprint density at radius 3 is 0.538 bits per heavy atom. The molecule has 0 N–H and O–H groups in total. The van der Waals surface area contributed by atoms with Gasteiger partial charge in [-0.2, -0.15) is 0 Å². The first kappa shape index (κ1) is 22.5. The molecule has 0 saturated heterocycles. The van der Waals surface area contributed by atoms with Crippen molar-refractivity contribution in [2.75, 3.05) is 0 Å². The van der Waals surface area contributed by atoms with Gasteiger partial charge in [-0.3, -0.25) is 0 Å². The molecule has 0 atom stereocenters. The summed E-state index contributed by atoms with van der Waals surface area (Å²) in [6.07, 6.45) is 0. The van der Waals surface area contributed by atoms with E-state index in [1.807, 2.05) is 0 Å². The van der Waals surface area contributed by atoms with E-state index in [1.54, 1.807) is 0 Å². The Hall–Kier alpha value is -1.91. The Labute approximate surface area is 78.6 Å². The molecule has 0 heterocycles. The average Bonchev–Trinajstić information content (AvgIpc) is 1.54. The molecule has 0 aliphatic heterocycles. The molecule has 0 saturated carbocycles. The van der Waals surface area contributed by atoms with Crippen LogP contribution in [0.2, 0.25) is 0 Å². The Bertz CT molecular complexity index is 112. The van der Waals surface area contributed by atoms with Crippen LogP contribution in [-0.2, 0) is 16.5 Å². The van der Waals surface area contributed by atoms with Crippen molar-refractivity contribution >= 4 is 0 Å². The first-order valence-corrected chi connectivity index (χ1v) is 1.64. The van der Waals surface area contributed by atoms with E-state index in [-0.39, 0.29) is 16.5 Å². The van der Waals surface area contributed by atoms with Crippen LogP contribution in [0, 0.1) is 46.0 Å². The number of hydrogen-bond acceptors (Lipinski definition) is 9. The third kappa shape index (κ3) is 182. The van der Waals surface area contributed by atoms with E-state index < -0.39 is 15.3 Å². The van der Waals surface area contributed by atoms with Gasteiger partial charge in [0, 0.05) is 0 Å². The van der Waals surface area contributed by atoms with Crippen LogP contribution in [-0.4, -0.2) is 15.3 Å². The van der Waals surface area contributed by atoms with Crippen LogP contribution in [0.4, 0.5) is 0 Å². The summed E-state index contributed by atoms with van der Waals surface area (Å²) in [4.78, 5) is 24.8.